The number of aromatic nitrogens is 1. The van der Waals surface area contributed by atoms with Gasteiger partial charge in [-0.2, -0.15) is 10.2 Å². The molecule has 114 valence electrons. The maximum Gasteiger partial charge on any atom is 0.233 e. The Hall–Kier alpha value is -2.84. The standard InChI is InChI=1S/C18H15N3OS/c1-13(14-6-3-2-4-7-14)20-18-16(12-19)21-17(22-18)10-9-15-8-5-11-23-15/h2-11,13,20H,1H3/b10-9+. The number of hydrogen-bond donors (Lipinski definition) is 1. The predicted octanol–water partition coefficient (Wildman–Crippen LogP) is 4.95. The van der Waals surface area contributed by atoms with Crippen molar-refractivity contribution in [3.63, 3.8) is 0 Å². The summed E-state index contributed by atoms with van der Waals surface area (Å²) in [7, 11) is 0. The minimum absolute atomic E-state index is 0.0189. The molecule has 0 radical (unpaired) electrons. The van der Waals surface area contributed by atoms with Crippen molar-refractivity contribution < 1.29 is 4.42 Å². The number of anilines is 1. The number of nitrogens with zero attached hydrogens (tertiary/aromatic N) is 2. The van der Waals surface area contributed by atoms with Gasteiger partial charge in [0.2, 0.25) is 17.5 Å². The Kier molecular flexibility index (Phi) is 4.55. The van der Waals surface area contributed by atoms with Crippen LogP contribution in [0, 0.1) is 11.3 Å². The Morgan fingerprint density at radius 3 is 2.74 bits per heavy atom. The van der Waals surface area contributed by atoms with E-state index in [9.17, 15) is 5.26 Å². The van der Waals surface area contributed by atoms with E-state index in [2.05, 4.69) is 16.4 Å². The first-order chi connectivity index (χ1) is 11.3. The zero-order valence-corrected chi connectivity index (χ0v) is 13.4. The molecule has 0 aliphatic heterocycles. The Balaban J connectivity index is 1.78. The van der Waals surface area contributed by atoms with Gasteiger partial charge in [0, 0.05) is 11.0 Å². The highest BCUT2D eigenvalue weighted by atomic mass is 32.1. The van der Waals surface area contributed by atoms with Crippen molar-refractivity contribution in [1.82, 2.24) is 4.98 Å². The van der Waals surface area contributed by atoms with Crippen molar-refractivity contribution in [2.45, 2.75) is 13.0 Å². The van der Waals surface area contributed by atoms with Gasteiger partial charge < -0.3 is 9.73 Å². The van der Waals surface area contributed by atoms with Gasteiger partial charge in [0.1, 0.15) is 6.07 Å². The van der Waals surface area contributed by atoms with Gasteiger partial charge >= 0.3 is 0 Å². The molecule has 2 heterocycles. The maximum atomic E-state index is 9.23. The molecule has 0 amide bonds. The van der Waals surface area contributed by atoms with Crippen molar-refractivity contribution in [2.75, 3.05) is 5.32 Å². The van der Waals surface area contributed by atoms with E-state index in [4.69, 9.17) is 4.42 Å². The molecule has 3 aromatic rings. The van der Waals surface area contributed by atoms with Gasteiger partial charge in [-0.3, -0.25) is 0 Å². The first-order valence-corrected chi connectivity index (χ1v) is 8.08. The molecule has 1 unspecified atom stereocenters. The van der Waals surface area contributed by atoms with Crippen LogP contribution < -0.4 is 5.32 Å². The molecule has 0 saturated heterocycles. The fourth-order valence-corrected chi connectivity index (χ4v) is 2.76. The number of thiophene rings is 1. The summed E-state index contributed by atoms with van der Waals surface area (Å²) in [5, 5.41) is 14.4. The lowest BCUT2D eigenvalue weighted by molar-refractivity contribution is 0.552. The molecule has 0 saturated carbocycles. The summed E-state index contributed by atoms with van der Waals surface area (Å²) >= 11 is 1.63. The SMILES string of the molecule is CC(Nc1oc(/C=C/c2cccs2)nc1C#N)c1ccccc1. The van der Waals surface area contributed by atoms with Crippen molar-refractivity contribution in [3.05, 3.63) is 69.9 Å². The van der Waals surface area contributed by atoms with E-state index in [1.54, 1.807) is 17.4 Å². The Morgan fingerprint density at radius 2 is 2.04 bits per heavy atom. The molecule has 0 aliphatic carbocycles. The average Bonchev–Trinajstić information content (AvgIpc) is 3.23. The first-order valence-electron chi connectivity index (χ1n) is 7.20. The van der Waals surface area contributed by atoms with Gasteiger partial charge in [0.15, 0.2) is 0 Å². The normalized spacial score (nSPS) is 12.2. The van der Waals surface area contributed by atoms with Gasteiger partial charge in [-0.15, -0.1) is 11.3 Å². The Bertz CT molecular complexity index is 829. The molecule has 0 spiro atoms. The Morgan fingerprint density at radius 1 is 1.22 bits per heavy atom. The zero-order valence-electron chi connectivity index (χ0n) is 12.6. The van der Waals surface area contributed by atoms with Crippen LogP contribution in [-0.4, -0.2) is 4.98 Å². The molecule has 0 bridgehead atoms. The molecule has 0 aliphatic rings. The molecular formula is C18H15N3OS. The van der Waals surface area contributed by atoms with Crippen LogP contribution in [0.1, 0.15) is 35.0 Å². The highest BCUT2D eigenvalue weighted by molar-refractivity contribution is 7.10. The zero-order chi connectivity index (χ0) is 16.1. The molecule has 4 nitrogen and oxygen atoms in total. The Labute approximate surface area is 138 Å². The third-order valence-electron chi connectivity index (χ3n) is 3.33. The molecule has 1 aromatic carbocycles. The van der Waals surface area contributed by atoms with Crippen LogP contribution >= 0.6 is 11.3 Å². The number of nitrogens with one attached hydrogen (secondary N) is 1. The lowest BCUT2D eigenvalue weighted by atomic mass is 10.1. The number of rotatable bonds is 5. The summed E-state index contributed by atoms with van der Waals surface area (Å²) < 4.78 is 5.67. The minimum Gasteiger partial charge on any atom is -0.420 e. The summed E-state index contributed by atoms with van der Waals surface area (Å²) in [6.45, 7) is 2.01. The third kappa shape index (κ3) is 3.68. The van der Waals surface area contributed by atoms with Crippen molar-refractivity contribution >= 4 is 29.4 Å². The van der Waals surface area contributed by atoms with E-state index >= 15 is 0 Å². The summed E-state index contributed by atoms with van der Waals surface area (Å²) in [4.78, 5) is 5.31. The van der Waals surface area contributed by atoms with E-state index in [1.807, 2.05) is 60.8 Å². The highest BCUT2D eigenvalue weighted by Crippen LogP contribution is 2.24. The van der Waals surface area contributed by atoms with Crippen LogP contribution in [0.3, 0.4) is 0 Å². The van der Waals surface area contributed by atoms with E-state index in [-0.39, 0.29) is 11.7 Å². The quantitative estimate of drug-likeness (QED) is 0.722. The van der Waals surface area contributed by atoms with Gasteiger partial charge in [-0.1, -0.05) is 36.4 Å². The van der Waals surface area contributed by atoms with Crippen LogP contribution in [0.25, 0.3) is 12.2 Å². The van der Waals surface area contributed by atoms with Gasteiger partial charge in [0.25, 0.3) is 0 Å². The van der Waals surface area contributed by atoms with Gasteiger partial charge in [-0.05, 0) is 30.0 Å². The van der Waals surface area contributed by atoms with Crippen LogP contribution in [0.5, 0.6) is 0 Å². The minimum atomic E-state index is 0.0189. The number of benzene rings is 1. The van der Waals surface area contributed by atoms with E-state index in [1.165, 1.54) is 0 Å². The highest BCUT2D eigenvalue weighted by Gasteiger charge is 2.14. The molecule has 3 rings (SSSR count). The van der Waals surface area contributed by atoms with Gasteiger partial charge in [-0.25, -0.2) is 0 Å². The van der Waals surface area contributed by atoms with Crippen LogP contribution in [-0.2, 0) is 0 Å². The number of nitriles is 1. The monoisotopic (exact) mass is 321 g/mol. The second-order valence-electron chi connectivity index (χ2n) is 4.97. The average molecular weight is 321 g/mol. The summed E-state index contributed by atoms with van der Waals surface area (Å²) in [5.74, 6) is 0.812. The van der Waals surface area contributed by atoms with Gasteiger partial charge in [0.05, 0.1) is 6.04 Å². The first kappa shape index (κ1) is 15.1. The fourth-order valence-electron chi connectivity index (χ4n) is 2.14. The lowest BCUT2D eigenvalue weighted by Gasteiger charge is -2.12. The largest absolute Gasteiger partial charge is 0.420 e. The van der Waals surface area contributed by atoms with E-state index in [0.29, 0.717) is 11.8 Å². The molecule has 0 fully saturated rings. The second kappa shape index (κ2) is 6.95. The van der Waals surface area contributed by atoms with E-state index in [0.717, 1.165) is 10.4 Å². The summed E-state index contributed by atoms with van der Waals surface area (Å²) in [6.07, 6.45) is 3.69. The molecule has 1 N–H and O–H groups in total. The number of hydrogen-bond acceptors (Lipinski definition) is 5. The summed E-state index contributed by atoms with van der Waals surface area (Å²) in [5.41, 5.74) is 1.38. The van der Waals surface area contributed by atoms with E-state index < -0.39 is 0 Å². The second-order valence-corrected chi connectivity index (χ2v) is 5.95. The molecule has 2 aromatic heterocycles. The lowest BCUT2D eigenvalue weighted by Crippen LogP contribution is -2.06. The third-order valence-corrected chi connectivity index (χ3v) is 4.17. The molecule has 5 heteroatoms. The van der Waals surface area contributed by atoms with Crippen LogP contribution in [0.2, 0.25) is 0 Å². The molecular weight excluding hydrogens is 306 g/mol. The molecule has 23 heavy (non-hydrogen) atoms. The van der Waals surface area contributed by atoms with Crippen LogP contribution in [0.15, 0.2) is 52.3 Å². The fraction of sp³-hybridized carbons (Fsp3) is 0.111. The topological polar surface area (TPSA) is 61.9 Å². The van der Waals surface area contributed by atoms with Crippen molar-refractivity contribution in [2.24, 2.45) is 0 Å². The number of oxazole rings is 1. The maximum absolute atomic E-state index is 9.23. The van der Waals surface area contributed by atoms with Crippen molar-refractivity contribution in [1.29, 1.82) is 5.26 Å². The summed E-state index contributed by atoms with van der Waals surface area (Å²) in [6, 6.07) is 16.1. The smallest absolute Gasteiger partial charge is 0.233 e. The molecule has 1 atom stereocenters. The predicted molar refractivity (Wildman–Crippen MR) is 92.9 cm³/mol. The van der Waals surface area contributed by atoms with Crippen LogP contribution in [0.4, 0.5) is 5.88 Å². The van der Waals surface area contributed by atoms with Crippen molar-refractivity contribution in [3.8, 4) is 6.07 Å².